The van der Waals surface area contributed by atoms with Crippen LogP contribution in [0.25, 0.3) is 11.3 Å². The number of hydrogen-bond acceptors (Lipinski definition) is 1. The third-order valence-electron chi connectivity index (χ3n) is 3.38. The lowest BCUT2D eigenvalue weighted by Crippen LogP contribution is -2.43. The number of benzene rings is 1. The van der Waals surface area contributed by atoms with E-state index >= 15 is 0 Å². The van der Waals surface area contributed by atoms with Gasteiger partial charge in [-0.1, -0.05) is 70.7 Å². The lowest BCUT2D eigenvalue weighted by Gasteiger charge is -2.28. The van der Waals surface area contributed by atoms with Gasteiger partial charge in [0, 0.05) is 16.7 Å². The van der Waals surface area contributed by atoms with Gasteiger partial charge in [-0.05, 0) is 35.5 Å². The molecule has 0 aliphatic heterocycles. The Kier molecular flexibility index (Phi) is 3.29. The Morgan fingerprint density at radius 2 is 1.77 bits per heavy atom. The molecule has 0 bridgehead atoms. The predicted octanol–water partition coefficient (Wildman–Crippen LogP) is 5.19. The zero-order valence-corrected chi connectivity index (χ0v) is 15.5. The standard InChI is InChI=1S/C20H29NSi/c1-15-19(22(5,6)7)17(14-20(2,3)4)13-18(21-15)16-11-9-8-10-12-16/h8-13H,14H2,1-7H3/i1D2,14D2. The number of rotatable bonds is 3. The van der Waals surface area contributed by atoms with Crippen LogP contribution in [0, 0.1) is 12.3 Å². The van der Waals surface area contributed by atoms with Crippen molar-refractivity contribution in [3.8, 4) is 11.3 Å². The summed E-state index contributed by atoms with van der Waals surface area (Å²) in [5.41, 5.74) is 1.89. The molecule has 118 valence electrons. The van der Waals surface area contributed by atoms with Gasteiger partial charge in [0.25, 0.3) is 0 Å². The maximum atomic E-state index is 8.87. The molecule has 0 fully saturated rings. The number of pyridine rings is 1. The Bertz CT molecular complexity index is 775. The normalized spacial score (nSPS) is 16.0. The molecule has 0 spiro atoms. The second-order valence-electron chi connectivity index (χ2n) is 7.81. The second kappa shape index (κ2) is 6.00. The summed E-state index contributed by atoms with van der Waals surface area (Å²) in [5.74, 6) is 0. The lowest BCUT2D eigenvalue weighted by molar-refractivity contribution is 0.412. The maximum absolute atomic E-state index is 8.87. The van der Waals surface area contributed by atoms with Crippen LogP contribution in [0.4, 0.5) is 0 Å². The Morgan fingerprint density at radius 3 is 2.27 bits per heavy atom. The maximum Gasteiger partial charge on any atom is 0.0803 e. The monoisotopic (exact) mass is 315 g/mol. The minimum absolute atomic E-state index is 0.397. The number of nitrogens with zero attached hydrogens (tertiary/aromatic N) is 1. The molecule has 0 aliphatic rings. The molecule has 2 aromatic rings. The predicted molar refractivity (Wildman–Crippen MR) is 101 cm³/mol. The van der Waals surface area contributed by atoms with Crippen LogP contribution in [0.2, 0.25) is 19.6 Å². The average Bonchev–Trinajstić information content (AvgIpc) is 2.52. The van der Waals surface area contributed by atoms with Crippen LogP contribution >= 0.6 is 0 Å². The molecular weight excluding hydrogens is 282 g/mol. The summed E-state index contributed by atoms with van der Waals surface area (Å²) in [5, 5.41) is 0.812. The van der Waals surface area contributed by atoms with E-state index in [-0.39, 0.29) is 0 Å². The van der Waals surface area contributed by atoms with Gasteiger partial charge in [0.15, 0.2) is 0 Å². The molecule has 0 atom stereocenters. The van der Waals surface area contributed by atoms with Crippen LogP contribution < -0.4 is 5.19 Å². The van der Waals surface area contributed by atoms with Crippen molar-refractivity contribution in [1.82, 2.24) is 4.98 Å². The van der Waals surface area contributed by atoms with Gasteiger partial charge in [-0.3, -0.25) is 4.98 Å². The first-order valence-corrected chi connectivity index (χ1v) is 11.2. The minimum Gasteiger partial charge on any atom is -0.253 e. The Balaban J connectivity index is 2.92. The van der Waals surface area contributed by atoms with Crippen molar-refractivity contribution < 1.29 is 5.48 Å². The van der Waals surface area contributed by atoms with E-state index in [1.165, 1.54) is 0 Å². The number of aryl methyl sites for hydroxylation is 1. The van der Waals surface area contributed by atoms with E-state index in [0.29, 0.717) is 17.0 Å². The quantitative estimate of drug-likeness (QED) is 0.710. The summed E-state index contributed by atoms with van der Waals surface area (Å²) < 4.78 is 33.9. The van der Waals surface area contributed by atoms with Crippen LogP contribution in [-0.2, 0) is 6.37 Å². The summed E-state index contributed by atoms with van der Waals surface area (Å²) in [4.78, 5) is 4.66. The van der Waals surface area contributed by atoms with E-state index < -0.39 is 26.7 Å². The fourth-order valence-corrected chi connectivity index (χ4v) is 4.38. The zero-order chi connectivity index (χ0) is 19.9. The first-order chi connectivity index (χ1) is 11.8. The van der Waals surface area contributed by atoms with E-state index in [0.717, 1.165) is 10.8 Å². The highest BCUT2D eigenvalue weighted by molar-refractivity contribution is 6.89. The Labute approximate surface area is 142 Å². The zero-order valence-electron chi connectivity index (χ0n) is 18.5. The van der Waals surface area contributed by atoms with Gasteiger partial charge in [0.2, 0.25) is 0 Å². The van der Waals surface area contributed by atoms with Crippen LogP contribution in [0.5, 0.6) is 0 Å². The highest BCUT2D eigenvalue weighted by Crippen LogP contribution is 2.25. The summed E-state index contributed by atoms with van der Waals surface area (Å²) >= 11 is 0. The molecule has 1 aromatic heterocycles. The molecule has 1 aromatic carbocycles. The van der Waals surface area contributed by atoms with Crippen molar-refractivity contribution >= 4 is 13.3 Å². The highest BCUT2D eigenvalue weighted by Gasteiger charge is 2.26. The fraction of sp³-hybridized carbons (Fsp3) is 0.450. The molecule has 0 N–H and O–H groups in total. The summed E-state index contributed by atoms with van der Waals surface area (Å²) in [6.45, 7) is 10.8. The molecule has 22 heavy (non-hydrogen) atoms. The molecular formula is C20H29NSi. The van der Waals surface area contributed by atoms with Gasteiger partial charge in [0.05, 0.1) is 13.8 Å². The van der Waals surface area contributed by atoms with Gasteiger partial charge in [0.1, 0.15) is 0 Å². The van der Waals surface area contributed by atoms with Gasteiger partial charge in [-0.25, -0.2) is 0 Å². The largest absolute Gasteiger partial charge is 0.253 e. The van der Waals surface area contributed by atoms with E-state index in [1.54, 1.807) is 0 Å². The van der Waals surface area contributed by atoms with Crippen molar-refractivity contribution in [3.05, 3.63) is 47.7 Å². The molecule has 1 heterocycles. The van der Waals surface area contributed by atoms with Crippen LogP contribution in [-0.4, -0.2) is 13.1 Å². The molecule has 0 saturated carbocycles. The summed E-state index contributed by atoms with van der Waals surface area (Å²) in [7, 11) is -2.04. The molecule has 1 nitrogen and oxygen atoms in total. The molecule has 0 saturated heterocycles. The first kappa shape index (κ1) is 12.1. The van der Waals surface area contributed by atoms with Crippen LogP contribution in [0.3, 0.4) is 0 Å². The SMILES string of the molecule is [2H]C([2H])c1nc(-c2ccccc2)cc(C([2H])([2H])C(C)(C)C)c1[Si](C)(C)C. The Hall–Kier alpha value is -1.41. The second-order valence-corrected chi connectivity index (χ2v) is 12.8. The van der Waals surface area contributed by atoms with Crippen molar-refractivity contribution in [2.45, 2.75) is 53.7 Å². The topological polar surface area (TPSA) is 12.9 Å². The van der Waals surface area contributed by atoms with Gasteiger partial charge in [-0.2, -0.15) is 0 Å². The van der Waals surface area contributed by atoms with Crippen molar-refractivity contribution in [1.29, 1.82) is 0 Å². The van der Waals surface area contributed by atoms with E-state index in [9.17, 15) is 0 Å². The minimum atomic E-state index is -2.04. The summed E-state index contributed by atoms with van der Waals surface area (Å²) in [6, 6.07) is 11.5. The average molecular weight is 316 g/mol. The smallest absolute Gasteiger partial charge is 0.0803 e. The fourth-order valence-electron chi connectivity index (χ4n) is 2.61. The van der Waals surface area contributed by atoms with Crippen molar-refractivity contribution in [2.24, 2.45) is 5.41 Å². The van der Waals surface area contributed by atoms with Crippen LogP contribution in [0.1, 0.15) is 37.5 Å². The van der Waals surface area contributed by atoms with Crippen molar-refractivity contribution in [3.63, 3.8) is 0 Å². The van der Waals surface area contributed by atoms with Crippen molar-refractivity contribution in [2.75, 3.05) is 0 Å². The number of aromatic nitrogens is 1. The number of hydrogen-bond donors (Lipinski definition) is 0. The molecule has 0 radical (unpaired) electrons. The van der Waals surface area contributed by atoms with E-state index in [1.807, 2.05) is 57.2 Å². The molecule has 0 amide bonds. The van der Waals surface area contributed by atoms with E-state index in [4.69, 9.17) is 5.48 Å². The third kappa shape index (κ3) is 4.07. The lowest BCUT2D eigenvalue weighted by atomic mass is 9.87. The highest BCUT2D eigenvalue weighted by atomic mass is 28.3. The van der Waals surface area contributed by atoms with Gasteiger partial charge < -0.3 is 0 Å². The van der Waals surface area contributed by atoms with E-state index in [2.05, 4.69) is 24.6 Å². The molecule has 2 heteroatoms. The third-order valence-corrected chi connectivity index (χ3v) is 5.40. The summed E-state index contributed by atoms with van der Waals surface area (Å²) in [6.07, 6.45) is -1.60. The first-order valence-electron chi connectivity index (χ1n) is 9.88. The molecule has 2 rings (SSSR count). The van der Waals surface area contributed by atoms with Crippen LogP contribution in [0.15, 0.2) is 36.4 Å². The molecule has 0 aliphatic carbocycles. The van der Waals surface area contributed by atoms with Gasteiger partial charge in [-0.15, -0.1) is 0 Å². The van der Waals surface area contributed by atoms with Gasteiger partial charge >= 0.3 is 0 Å². The Morgan fingerprint density at radius 1 is 1.14 bits per heavy atom. The molecule has 0 unspecified atom stereocenters.